The monoisotopic (exact) mass is 265 g/mol. The smallest absolute Gasteiger partial charge is 0.118 e. The van der Waals surface area contributed by atoms with E-state index >= 15 is 0 Å². The van der Waals surface area contributed by atoms with E-state index < -0.39 is 0 Å². The average Bonchev–Trinajstić information content (AvgIpc) is 2.38. The van der Waals surface area contributed by atoms with Crippen LogP contribution in [0.2, 0.25) is 0 Å². The van der Waals surface area contributed by atoms with E-state index in [0.717, 1.165) is 18.6 Å². The number of hydrogen-bond donors (Lipinski definition) is 2. The number of hydrogen-bond acceptors (Lipinski definition) is 3. The van der Waals surface area contributed by atoms with Crippen molar-refractivity contribution in [1.82, 2.24) is 5.32 Å². The highest BCUT2D eigenvalue weighted by molar-refractivity contribution is 5.27. The van der Waals surface area contributed by atoms with Crippen LogP contribution in [-0.4, -0.2) is 30.9 Å². The third-order valence-electron chi connectivity index (χ3n) is 3.20. The summed E-state index contributed by atoms with van der Waals surface area (Å²) in [5.41, 5.74) is 1.28. The SMILES string of the molecule is COc1ccc(CC(C)NC(CO)CC(C)C)cc1. The Morgan fingerprint density at radius 3 is 2.26 bits per heavy atom. The summed E-state index contributed by atoms with van der Waals surface area (Å²) in [5, 5.41) is 12.9. The fourth-order valence-electron chi connectivity index (χ4n) is 2.34. The van der Waals surface area contributed by atoms with E-state index in [-0.39, 0.29) is 12.6 Å². The fraction of sp³-hybridized carbons (Fsp3) is 0.625. The molecular weight excluding hydrogens is 238 g/mol. The summed E-state index contributed by atoms with van der Waals surface area (Å²) in [5.74, 6) is 1.48. The second-order valence-corrected chi connectivity index (χ2v) is 5.63. The number of nitrogens with one attached hydrogen (secondary N) is 1. The molecule has 0 aliphatic carbocycles. The predicted octanol–water partition coefficient (Wildman–Crippen LogP) is 2.62. The van der Waals surface area contributed by atoms with Crippen LogP contribution in [0.4, 0.5) is 0 Å². The molecule has 0 aromatic heterocycles. The first-order valence-electron chi connectivity index (χ1n) is 7.05. The molecule has 3 heteroatoms. The van der Waals surface area contributed by atoms with E-state index in [1.165, 1.54) is 5.56 Å². The summed E-state index contributed by atoms with van der Waals surface area (Å²) in [6.45, 7) is 6.72. The molecule has 0 heterocycles. The fourth-order valence-corrected chi connectivity index (χ4v) is 2.34. The van der Waals surface area contributed by atoms with Gasteiger partial charge in [-0.05, 0) is 43.4 Å². The first kappa shape index (κ1) is 16.0. The number of ether oxygens (including phenoxy) is 1. The number of methoxy groups -OCH3 is 1. The third kappa shape index (κ3) is 6.08. The van der Waals surface area contributed by atoms with Crippen molar-refractivity contribution in [1.29, 1.82) is 0 Å². The van der Waals surface area contributed by atoms with E-state index in [0.29, 0.717) is 12.0 Å². The molecule has 0 amide bonds. The summed E-state index contributed by atoms with van der Waals surface area (Å²) in [6.07, 6.45) is 1.96. The highest BCUT2D eigenvalue weighted by Crippen LogP contribution is 2.13. The van der Waals surface area contributed by atoms with Crippen molar-refractivity contribution in [2.75, 3.05) is 13.7 Å². The lowest BCUT2D eigenvalue weighted by Gasteiger charge is -2.23. The number of benzene rings is 1. The molecule has 108 valence electrons. The van der Waals surface area contributed by atoms with Crippen molar-refractivity contribution in [3.05, 3.63) is 29.8 Å². The van der Waals surface area contributed by atoms with Crippen LogP contribution in [0.3, 0.4) is 0 Å². The molecule has 0 saturated heterocycles. The Hall–Kier alpha value is -1.06. The van der Waals surface area contributed by atoms with Gasteiger partial charge in [-0.2, -0.15) is 0 Å². The maximum atomic E-state index is 9.38. The molecule has 0 spiro atoms. The molecule has 2 N–H and O–H groups in total. The Balaban J connectivity index is 2.46. The zero-order valence-electron chi connectivity index (χ0n) is 12.5. The highest BCUT2D eigenvalue weighted by Gasteiger charge is 2.13. The van der Waals surface area contributed by atoms with Crippen LogP contribution in [0.25, 0.3) is 0 Å². The van der Waals surface area contributed by atoms with Crippen LogP contribution in [0.15, 0.2) is 24.3 Å². The first-order valence-corrected chi connectivity index (χ1v) is 7.05. The molecule has 0 bridgehead atoms. The van der Waals surface area contributed by atoms with E-state index in [1.54, 1.807) is 7.11 Å². The molecule has 1 aromatic rings. The minimum absolute atomic E-state index is 0.188. The number of aliphatic hydroxyl groups is 1. The minimum Gasteiger partial charge on any atom is -0.497 e. The second-order valence-electron chi connectivity index (χ2n) is 5.63. The maximum Gasteiger partial charge on any atom is 0.118 e. The minimum atomic E-state index is 0.188. The van der Waals surface area contributed by atoms with Gasteiger partial charge in [0.2, 0.25) is 0 Å². The van der Waals surface area contributed by atoms with Gasteiger partial charge < -0.3 is 15.2 Å². The van der Waals surface area contributed by atoms with Crippen LogP contribution >= 0.6 is 0 Å². The molecule has 1 rings (SSSR count). The lowest BCUT2D eigenvalue weighted by Crippen LogP contribution is -2.40. The highest BCUT2D eigenvalue weighted by atomic mass is 16.5. The zero-order chi connectivity index (χ0) is 14.3. The molecule has 1 aromatic carbocycles. The predicted molar refractivity (Wildman–Crippen MR) is 79.6 cm³/mol. The van der Waals surface area contributed by atoms with Crippen molar-refractivity contribution in [3.63, 3.8) is 0 Å². The van der Waals surface area contributed by atoms with Gasteiger partial charge in [-0.25, -0.2) is 0 Å². The Labute approximate surface area is 117 Å². The van der Waals surface area contributed by atoms with Crippen LogP contribution < -0.4 is 10.1 Å². The van der Waals surface area contributed by atoms with Gasteiger partial charge in [0, 0.05) is 12.1 Å². The second kappa shape index (κ2) is 8.18. The van der Waals surface area contributed by atoms with E-state index in [4.69, 9.17) is 4.74 Å². The van der Waals surface area contributed by atoms with Crippen LogP contribution in [-0.2, 0) is 6.42 Å². The largest absolute Gasteiger partial charge is 0.497 e. The van der Waals surface area contributed by atoms with Crippen LogP contribution in [0.1, 0.15) is 32.8 Å². The molecule has 0 aliphatic heterocycles. The Bertz CT molecular complexity index is 348. The van der Waals surface area contributed by atoms with Crippen molar-refractivity contribution >= 4 is 0 Å². The Morgan fingerprint density at radius 2 is 1.79 bits per heavy atom. The summed E-state index contributed by atoms with van der Waals surface area (Å²) in [4.78, 5) is 0. The number of aliphatic hydroxyl groups excluding tert-OH is 1. The summed E-state index contributed by atoms with van der Waals surface area (Å²) < 4.78 is 5.15. The van der Waals surface area contributed by atoms with Gasteiger partial charge in [0.1, 0.15) is 5.75 Å². The van der Waals surface area contributed by atoms with Crippen molar-refractivity contribution < 1.29 is 9.84 Å². The average molecular weight is 265 g/mol. The van der Waals surface area contributed by atoms with Gasteiger partial charge in [0.15, 0.2) is 0 Å². The normalized spacial score (nSPS) is 14.4. The molecular formula is C16H27NO2. The Morgan fingerprint density at radius 1 is 1.16 bits per heavy atom. The first-order chi connectivity index (χ1) is 9.05. The molecule has 0 radical (unpaired) electrons. The van der Waals surface area contributed by atoms with Crippen molar-refractivity contribution in [2.24, 2.45) is 5.92 Å². The lowest BCUT2D eigenvalue weighted by molar-refractivity contribution is 0.214. The van der Waals surface area contributed by atoms with E-state index in [1.807, 2.05) is 12.1 Å². The molecule has 0 aliphatic rings. The standard InChI is InChI=1S/C16H27NO2/c1-12(2)9-15(11-18)17-13(3)10-14-5-7-16(19-4)8-6-14/h5-8,12-13,15,17-18H,9-11H2,1-4H3. The topological polar surface area (TPSA) is 41.5 Å². The van der Waals surface area contributed by atoms with Gasteiger partial charge >= 0.3 is 0 Å². The lowest BCUT2D eigenvalue weighted by atomic mass is 10.0. The molecule has 19 heavy (non-hydrogen) atoms. The molecule has 0 saturated carbocycles. The van der Waals surface area contributed by atoms with Gasteiger partial charge in [0.25, 0.3) is 0 Å². The van der Waals surface area contributed by atoms with Crippen LogP contribution in [0, 0.1) is 5.92 Å². The summed E-state index contributed by atoms with van der Waals surface area (Å²) >= 11 is 0. The Kier molecular flexibility index (Phi) is 6.89. The molecule has 3 nitrogen and oxygen atoms in total. The summed E-state index contributed by atoms with van der Waals surface area (Å²) in [7, 11) is 1.68. The van der Waals surface area contributed by atoms with Crippen LogP contribution in [0.5, 0.6) is 5.75 Å². The van der Waals surface area contributed by atoms with Gasteiger partial charge in [-0.1, -0.05) is 26.0 Å². The molecule has 2 unspecified atom stereocenters. The van der Waals surface area contributed by atoms with Gasteiger partial charge in [-0.15, -0.1) is 0 Å². The zero-order valence-corrected chi connectivity index (χ0v) is 12.5. The summed E-state index contributed by atoms with van der Waals surface area (Å²) in [6, 6.07) is 8.69. The number of rotatable bonds is 8. The molecule has 2 atom stereocenters. The molecule has 0 fully saturated rings. The maximum absolute atomic E-state index is 9.38. The van der Waals surface area contributed by atoms with Gasteiger partial charge in [0.05, 0.1) is 13.7 Å². The third-order valence-corrected chi connectivity index (χ3v) is 3.20. The van der Waals surface area contributed by atoms with E-state index in [2.05, 4.69) is 38.2 Å². The quantitative estimate of drug-likeness (QED) is 0.759. The van der Waals surface area contributed by atoms with E-state index in [9.17, 15) is 5.11 Å². The van der Waals surface area contributed by atoms with Gasteiger partial charge in [-0.3, -0.25) is 0 Å². The van der Waals surface area contributed by atoms with Crippen molar-refractivity contribution in [3.8, 4) is 5.75 Å². The van der Waals surface area contributed by atoms with Crippen molar-refractivity contribution in [2.45, 2.75) is 45.7 Å².